The van der Waals surface area contributed by atoms with E-state index in [0.29, 0.717) is 31.3 Å². The van der Waals surface area contributed by atoms with Crippen LogP contribution in [0.1, 0.15) is 11.5 Å². The van der Waals surface area contributed by atoms with Gasteiger partial charge in [0.2, 0.25) is 0 Å². The number of rotatable bonds is 3. The van der Waals surface area contributed by atoms with Gasteiger partial charge in [-0.25, -0.2) is 15.8 Å². The Morgan fingerprint density at radius 1 is 1.67 bits per heavy atom. The molecule has 0 radical (unpaired) electrons. The van der Waals surface area contributed by atoms with Gasteiger partial charge in [-0.15, -0.1) is 0 Å². The Hall–Kier alpha value is -1.75. The van der Waals surface area contributed by atoms with Crippen LogP contribution in [-0.4, -0.2) is 40.7 Å². The van der Waals surface area contributed by atoms with Crippen molar-refractivity contribution < 1.29 is 4.74 Å². The van der Waals surface area contributed by atoms with Crippen LogP contribution in [0.4, 0.5) is 5.82 Å². The second-order valence-corrected chi connectivity index (χ2v) is 4.18. The zero-order valence-corrected chi connectivity index (χ0v) is 10.3. The highest BCUT2D eigenvalue weighted by Gasteiger charge is 2.20. The second kappa shape index (κ2) is 5.73. The predicted molar refractivity (Wildman–Crippen MR) is 65.2 cm³/mol. The number of nitriles is 1. The smallest absolute Gasteiger partial charge is 0.156 e. The van der Waals surface area contributed by atoms with Crippen LogP contribution in [0.25, 0.3) is 0 Å². The standard InChI is InChI=1S/C11H16N6O/c1-8-4-10(16-13)15-11(14-8)7-17-2-3-18-9(5-12)6-17/h4,9H,2-3,6-7,13H2,1H3,(H,14,15,16). The van der Waals surface area contributed by atoms with Crippen LogP contribution in [0, 0.1) is 18.3 Å². The lowest BCUT2D eigenvalue weighted by Gasteiger charge is -2.29. The molecule has 0 amide bonds. The highest BCUT2D eigenvalue weighted by Crippen LogP contribution is 2.10. The van der Waals surface area contributed by atoms with Crippen LogP contribution in [0.5, 0.6) is 0 Å². The number of hydrogen-bond donors (Lipinski definition) is 2. The van der Waals surface area contributed by atoms with E-state index in [0.717, 1.165) is 12.2 Å². The number of nitrogen functional groups attached to an aromatic ring is 1. The molecule has 1 aliphatic heterocycles. The minimum Gasteiger partial charge on any atom is -0.361 e. The SMILES string of the molecule is Cc1cc(NN)nc(CN2CCOC(C#N)C2)n1. The molecule has 1 aliphatic rings. The monoisotopic (exact) mass is 248 g/mol. The van der Waals surface area contributed by atoms with Crippen molar-refractivity contribution in [2.45, 2.75) is 19.6 Å². The first-order chi connectivity index (χ1) is 8.71. The summed E-state index contributed by atoms with van der Waals surface area (Å²) in [6.07, 6.45) is -0.365. The van der Waals surface area contributed by atoms with Crippen molar-refractivity contribution in [3.63, 3.8) is 0 Å². The number of ether oxygens (including phenoxy) is 1. The van der Waals surface area contributed by atoms with Crippen molar-refractivity contribution >= 4 is 5.82 Å². The van der Waals surface area contributed by atoms with E-state index in [1.807, 2.05) is 6.92 Å². The quantitative estimate of drug-likeness (QED) is 0.564. The van der Waals surface area contributed by atoms with Gasteiger partial charge in [0.25, 0.3) is 0 Å². The van der Waals surface area contributed by atoms with Crippen molar-refractivity contribution in [1.82, 2.24) is 14.9 Å². The molecular weight excluding hydrogens is 232 g/mol. The van der Waals surface area contributed by atoms with Gasteiger partial charge in [-0.1, -0.05) is 0 Å². The van der Waals surface area contributed by atoms with Gasteiger partial charge in [0.15, 0.2) is 6.10 Å². The van der Waals surface area contributed by atoms with Gasteiger partial charge in [-0.2, -0.15) is 5.26 Å². The Labute approximate surface area is 106 Å². The number of nitrogens with two attached hydrogens (primary N) is 1. The molecule has 1 aromatic rings. The lowest BCUT2D eigenvalue weighted by atomic mass is 10.3. The van der Waals surface area contributed by atoms with Crippen LogP contribution in [-0.2, 0) is 11.3 Å². The maximum atomic E-state index is 8.84. The normalized spacial score (nSPS) is 20.4. The Balaban J connectivity index is 2.04. The summed E-state index contributed by atoms with van der Waals surface area (Å²) in [6, 6.07) is 3.90. The van der Waals surface area contributed by atoms with E-state index in [4.69, 9.17) is 15.8 Å². The maximum Gasteiger partial charge on any atom is 0.156 e. The van der Waals surface area contributed by atoms with E-state index in [-0.39, 0.29) is 6.10 Å². The molecule has 18 heavy (non-hydrogen) atoms. The van der Waals surface area contributed by atoms with Gasteiger partial charge in [-0.3, -0.25) is 4.90 Å². The lowest BCUT2D eigenvalue weighted by Crippen LogP contribution is -2.41. The average molecular weight is 248 g/mol. The summed E-state index contributed by atoms with van der Waals surface area (Å²) >= 11 is 0. The van der Waals surface area contributed by atoms with Crippen molar-refractivity contribution in [3.05, 3.63) is 17.6 Å². The molecule has 7 nitrogen and oxygen atoms in total. The summed E-state index contributed by atoms with van der Waals surface area (Å²) in [5.41, 5.74) is 3.38. The maximum absolute atomic E-state index is 8.84. The van der Waals surface area contributed by atoms with Crippen molar-refractivity contribution in [2.24, 2.45) is 5.84 Å². The fraction of sp³-hybridized carbons (Fsp3) is 0.545. The number of morpholine rings is 1. The van der Waals surface area contributed by atoms with Crippen molar-refractivity contribution in [3.8, 4) is 6.07 Å². The fourth-order valence-corrected chi connectivity index (χ4v) is 1.90. The number of nitrogens with zero attached hydrogens (tertiary/aromatic N) is 4. The zero-order chi connectivity index (χ0) is 13.0. The molecule has 7 heteroatoms. The number of nitrogens with one attached hydrogen (secondary N) is 1. The van der Waals surface area contributed by atoms with Gasteiger partial charge in [0.05, 0.1) is 19.2 Å². The summed E-state index contributed by atoms with van der Waals surface area (Å²) < 4.78 is 5.29. The highest BCUT2D eigenvalue weighted by molar-refractivity contribution is 5.33. The number of aromatic nitrogens is 2. The van der Waals surface area contributed by atoms with Crippen LogP contribution in [0.15, 0.2) is 6.07 Å². The van der Waals surface area contributed by atoms with E-state index in [9.17, 15) is 0 Å². The predicted octanol–water partition coefficient (Wildman–Crippen LogP) is -0.205. The summed E-state index contributed by atoms with van der Waals surface area (Å²) in [4.78, 5) is 10.7. The Morgan fingerprint density at radius 2 is 2.50 bits per heavy atom. The number of anilines is 1. The van der Waals surface area contributed by atoms with E-state index in [1.165, 1.54) is 0 Å². The van der Waals surface area contributed by atoms with Crippen LogP contribution in [0.2, 0.25) is 0 Å². The Kier molecular flexibility index (Phi) is 4.04. The molecule has 2 heterocycles. The Bertz CT molecular complexity index is 457. The molecule has 1 atom stereocenters. The third kappa shape index (κ3) is 3.13. The van der Waals surface area contributed by atoms with E-state index in [2.05, 4.69) is 26.4 Å². The molecule has 0 aromatic carbocycles. The summed E-state index contributed by atoms with van der Waals surface area (Å²) in [6.45, 7) is 4.41. The van der Waals surface area contributed by atoms with Gasteiger partial charge in [-0.05, 0) is 6.92 Å². The van der Waals surface area contributed by atoms with E-state index >= 15 is 0 Å². The Morgan fingerprint density at radius 3 is 3.22 bits per heavy atom. The summed E-state index contributed by atoms with van der Waals surface area (Å²) in [5.74, 6) is 6.64. The summed E-state index contributed by atoms with van der Waals surface area (Å²) in [5, 5.41) is 8.84. The molecule has 0 aliphatic carbocycles. The molecule has 1 aromatic heterocycles. The van der Waals surface area contributed by atoms with Gasteiger partial charge < -0.3 is 10.2 Å². The van der Waals surface area contributed by atoms with Gasteiger partial charge >= 0.3 is 0 Å². The van der Waals surface area contributed by atoms with Crippen molar-refractivity contribution in [1.29, 1.82) is 5.26 Å². The molecule has 3 N–H and O–H groups in total. The molecule has 0 bridgehead atoms. The molecule has 1 unspecified atom stereocenters. The topological polar surface area (TPSA) is 100 Å². The van der Waals surface area contributed by atoms with Crippen molar-refractivity contribution in [2.75, 3.05) is 25.1 Å². The van der Waals surface area contributed by atoms with Gasteiger partial charge in [0, 0.05) is 24.8 Å². The number of hydrazine groups is 1. The second-order valence-electron chi connectivity index (χ2n) is 4.18. The third-order valence-corrected chi connectivity index (χ3v) is 2.71. The van der Waals surface area contributed by atoms with E-state index in [1.54, 1.807) is 6.07 Å². The highest BCUT2D eigenvalue weighted by atomic mass is 16.5. The summed E-state index contributed by atoms with van der Waals surface area (Å²) in [7, 11) is 0. The zero-order valence-electron chi connectivity index (χ0n) is 10.3. The molecular formula is C11H16N6O. The third-order valence-electron chi connectivity index (χ3n) is 2.71. The minimum absolute atomic E-state index is 0.365. The van der Waals surface area contributed by atoms with Crippen LogP contribution < -0.4 is 11.3 Å². The van der Waals surface area contributed by atoms with Crippen LogP contribution >= 0.6 is 0 Å². The number of aryl methyl sites for hydroxylation is 1. The first kappa shape index (κ1) is 12.7. The fourth-order valence-electron chi connectivity index (χ4n) is 1.90. The average Bonchev–Trinajstić information content (AvgIpc) is 2.38. The molecule has 0 saturated carbocycles. The molecule has 1 saturated heterocycles. The minimum atomic E-state index is -0.365. The lowest BCUT2D eigenvalue weighted by molar-refractivity contribution is -0.00358. The molecule has 96 valence electrons. The first-order valence-corrected chi connectivity index (χ1v) is 5.76. The van der Waals surface area contributed by atoms with Crippen LogP contribution in [0.3, 0.4) is 0 Å². The largest absolute Gasteiger partial charge is 0.361 e. The number of hydrogen-bond acceptors (Lipinski definition) is 7. The molecule has 0 spiro atoms. The molecule has 2 rings (SSSR count). The van der Waals surface area contributed by atoms with E-state index < -0.39 is 0 Å². The van der Waals surface area contributed by atoms with Gasteiger partial charge in [0.1, 0.15) is 11.6 Å². The molecule has 1 fully saturated rings. The first-order valence-electron chi connectivity index (χ1n) is 5.76.